The minimum absolute atomic E-state index is 0.126. The van der Waals surface area contributed by atoms with Crippen molar-refractivity contribution >= 4 is 34.6 Å². The maximum atomic E-state index is 13.9. The number of alkyl halides is 3. The van der Waals surface area contributed by atoms with Gasteiger partial charge in [-0.1, -0.05) is 11.6 Å². The van der Waals surface area contributed by atoms with E-state index >= 15 is 0 Å². The number of hydrazone groups is 1. The zero-order valence-electron chi connectivity index (χ0n) is 16.9. The molecule has 1 fully saturated rings. The number of anilines is 2. The number of nitrogens with zero attached hydrogens (tertiary/aromatic N) is 3. The Hall–Kier alpha value is -2.54. The van der Waals surface area contributed by atoms with Crippen molar-refractivity contribution in [3.8, 4) is 0 Å². The van der Waals surface area contributed by atoms with Crippen LogP contribution < -0.4 is 9.91 Å². The second kappa shape index (κ2) is 6.99. The Labute approximate surface area is 183 Å². The van der Waals surface area contributed by atoms with Gasteiger partial charge in [0, 0.05) is 23.3 Å². The zero-order chi connectivity index (χ0) is 22.0. The molecule has 2 aromatic carbocycles. The van der Waals surface area contributed by atoms with Gasteiger partial charge in [0.2, 0.25) is 0 Å². The number of rotatable bonds is 1. The van der Waals surface area contributed by atoms with E-state index in [-0.39, 0.29) is 18.4 Å². The number of piperidine rings is 1. The van der Waals surface area contributed by atoms with Crippen molar-refractivity contribution in [2.45, 2.75) is 44.8 Å². The molecule has 0 bridgehead atoms. The van der Waals surface area contributed by atoms with E-state index < -0.39 is 17.2 Å². The first-order valence-electron chi connectivity index (χ1n) is 10.3. The monoisotopic (exact) mass is 447 g/mol. The Morgan fingerprint density at radius 1 is 1.13 bits per heavy atom. The van der Waals surface area contributed by atoms with Crippen LogP contribution in [0.4, 0.5) is 24.5 Å². The molecule has 0 N–H and O–H groups in total. The highest BCUT2D eigenvalue weighted by Gasteiger charge is 2.59. The van der Waals surface area contributed by atoms with Crippen molar-refractivity contribution in [1.29, 1.82) is 0 Å². The third kappa shape index (κ3) is 3.04. The van der Waals surface area contributed by atoms with Gasteiger partial charge in [0.15, 0.2) is 0 Å². The third-order valence-electron chi connectivity index (χ3n) is 6.80. The molecule has 0 radical (unpaired) electrons. The molecule has 0 unspecified atom stereocenters. The predicted molar refractivity (Wildman–Crippen MR) is 115 cm³/mol. The van der Waals surface area contributed by atoms with E-state index in [2.05, 4.69) is 10.0 Å². The number of carbonyl (C=O) groups is 1. The van der Waals surface area contributed by atoms with Gasteiger partial charge in [-0.15, -0.1) is 0 Å². The number of benzene rings is 2. The molecule has 8 heteroatoms. The van der Waals surface area contributed by atoms with Crippen LogP contribution in [0.3, 0.4) is 0 Å². The van der Waals surface area contributed by atoms with E-state index in [1.165, 1.54) is 11.1 Å². The fourth-order valence-electron chi connectivity index (χ4n) is 5.31. The van der Waals surface area contributed by atoms with Gasteiger partial charge in [0.05, 0.1) is 17.0 Å². The fourth-order valence-corrected chi connectivity index (χ4v) is 5.43. The summed E-state index contributed by atoms with van der Waals surface area (Å²) < 4.78 is 40.2. The summed E-state index contributed by atoms with van der Waals surface area (Å²) >= 11 is 5.99. The summed E-state index contributed by atoms with van der Waals surface area (Å²) in [5, 5.41) is 6.53. The predicted octanol–water partition coefficient (Wildman–Crippen LogP) is 5.68. The number of hydrogen-bond acceptors (Lipinski definition) is 3. The molecule has 3 aliphatic heterocycles. The molecule has 1 saturated heterocycles. The highest BCUT2D eigenvalue weighted by Crippen LogP contribution is 2.50. The second-order valence-corrected chi connectivity index (χ2v) is 8.91. The lowest BCUT2D eigenvalue weighted by molar-refractivity contribution is -0.137. The molecule has 31 heavy (non-hydrogen) atoms. The normalized spacial score (nSPS) is 25.5. The van der Waals surface area contributed by atoms with Gasteiger partial charge in [-0.2, -0.15) is 23.3 Å². The average Bonchev–Trinajstić information content (AvgIpc) is 2.99. The first-order chi connectivity index (χ1) is 14.7. The molecule has 3 aliphatic rings. The van der Waals surface area contributed by atoms with Crippen LogP contribution >= 0.6 is 11.6 Å². The largest absolute Gasteiger partial charge is 0.416 e. The van der Waals surface area contributed by atoms with E-state index in [9.17, 15) is 18.0 Å². The SMILES string of the molecule is CC1=NN(c2ccc(Cl)cc2)C(=O)[C@@]12Cc1cc(C(F)(F)F)ccc1N1CCCC[C@H]12. The first kappa shape index (κ1) is 20.4. The second-order valence-electron chi connectivity index (χ2n) is 8.47. The quantitative estimate of drug-likeness (QED) is 0.563. The number of fused-ring (bicyclic) bond motifs is 4. The molecule has 1 amide bonds. The van der Waals surface area contributed by atoms with Crippen molar-refractivity contribution in [2.75, 3.05) is 16.5 Å². The standard InChI is InChI=1S/C23H21ClF3N3O/c1-14-22(21(31)30(28-14)18-8-6-17(24)7-9-18)13-15-12-16(23(25,26)27)5-10-19(15)29-11-3-2-4-20(22)29/h5-10,12,20H,2-4,11,13H2,1H3/t20-,22-/m0/s1. The van der Waals surface area contributed by atoms with Gasteiger partial charge in [-0.05, 0) is 80.6 Å². The highest BCUT2D eigenvalue weighted by molar-refractivity contribution is 6.30. The van der Waals surface area contributed by atoms with Crippen LogP contribution in [0.25, 0.3) is 0 Å². The van der Waals surface area contributed by atoms with E-state index in [0.29, 0.717) is 28.5 Å². The summed E-state index contributed by atoms with van der Waals surface area (Å²) in [7, 11) is 0. The summed E-state index contributed by atoms with van der Waals surface area (Å²) in [6.07, 6.45) is -1.50. The van der Waals surface area contributed by atoms with Gasteiger partial charge < -0.3 is 4.90 Å². The molecular weight excluding hydrogens is 427 g/mol. The fraction of sp³-hybridized carbons (Fsp3) is 0.391. The molecule has 0 saturated carbocycles. The lowest BCUT2D eigenvalue weighted by Gasteiger charge is -2.51. The Morgan fingerprint density at radius 3 is 2.58 bits per heavy atom. The number of amides is 1. The van der Waals surface area contributed by atoms with Crippen molar-refractivity contribution in [3.63, 3.8) is 0 Å². The molecule has 0 aromatic heterocycles. The van der Waals surface area contributed by atoms with Gasteiger partial charge in [-0.3, -0.25) is 4.79 Å². The summed E-state index contributed by atoms with van der Waals surface area (Å²) in [6.45, 7) is 2.53. The molecule has 3 heterocycles. The van der Waals surface area contributed by atoms with E-state index in [1.54, 1.807) is 30.3 Å². The smallest absolute Gasteiger partial charge is 0.367 e. The first-order valence-corrected chi connectivity index (χ1v) is 10.7. The van der Waals surface area contributed by atoms with E-state index in [0.717, 1.165) is 31.0 Å². The average molecular weight is 448 g/mol. The molecule has 4 nitrogen and oxygen atoms in total. The highest BCUT2D eigenvalue weighted by atomic mass is 35.5. The minimum atomic E-state index is -4.43. The van der Waals surface area contributed by atoms with Gasteiger partial charge >= 0.3 is 6.18 Å². The Kier molecular flexibility index (Phi) is 4.59. The molecular formula is C23H21ClF3N3O. The van der Waals surface area contributed by atoms with Crippen LogP contribution in [0.5, 0.6) is 0 Å². The maximum Gasteiger partial charge on any atom is 0.416 e. The Morgan fingerprint density at radius 2 is 1.87 bits per heavy atom. The molecule has 2 atom stereocenters. The van der Waals surface area contributed by atoms with Crippen LogP contribution in [0.1, 0.15) is 37.3 Å². The number of carbonyl (C=O) groups excluding carboxylic acids is 1. The molecule has 5 rings (SSSR count). The summed E-state index contributed by atoms with van der Waals surface area (Å²) in [4.78, 5) is 16.0. The molecule has 162 valence electrons. The summed E-state index contributed by atoms with van der Waals surface area (Å²) in [6, 6.07) is 10.6. The Bertz CT molecular complexity index is 1080. The third-order valence-corrected chi connectivity index (χ3v) is 7.05. The van der Waals surface area contributed by atoms with Crippen molar-refractivity contribution in [3.05, 3.63) is 58.6 Å². The molecule has 1 spiro atoms. The van der Waals surface area contributed by atoms with Crippen LogP contribution in [-0.4, -0.2) is 24.2 Å². The minimum Gasteiger partial charge on any atom is -0.367 e. The van der Waals surface area contributed by atoms with Crippen LogP contribution in [0.15, 0.2) is 47.6 Å². The van der Waals surface area contributed by atoms with Gasteiger partial charge in [-0.25, -0.2) is 0 Å². The van der Waals surface area contributed by atoms with Crippen LogP contribution in [0, 0.1) is 5.41 Å². The van der Waals surface area contributed by atoms with Gasteiger partial charge in [0.25, 0.3) is 5.91 Å². The zero-order valence-corrected chi connectivity index (χ0v) is 17.7. The Balaban J connectivity index is 1.62. The van der Waals surface area contributed by atoms with E-state index in [1.807, 2.05) is 6.92 Å². The molecule has 0 aliphatic carbocycles. The lowest BCUT2D eigenvalue weighted by Crippen LogP contribution is -2.61. The maximum absolute atomic E-state index is 13.9. The van der Waals surface area contributed by atoms with Crippen molar-refractivity contribution in [2.24, 2.45) is 10.5 Å². The van der Waals surface area contributed by atoms with Crippen molar-refractivity contribution < 1.29 is 18.0 Å². The van der Waals surface area contributed by atoms with Crippen LogP contribution in [0.2, 0.25) is 5.02 Å². The topological polar surface area (TPSA) is 35.9 Å². The number of hydrogen-bond donors (Lipinski definition) is 0. The lowest BCUT2D eigenvalue weighted by atomic mass is 9.65. The van der Waals surface area contributed by atoms with E-state index in [4.69, 9.17) is 11.6 Å². The van der Waals surface area contributed by atoms with Gasteiger partial charge in [0.1, 0.15) is 5.41 Å². The van der Waals surface area contributed by atoms with Crippen LogP contribution in [-0.2, 0) is 17.4 Å². The summed E-state index contributed by atoms with van der Waals surface area (Å²) in [5.41, 5.74) is 0.932. The number of halogens is 4. The molecule has 2 aromatic rings. The van der Waals surface area contributed by atoms with Crippen molar-refractivity contribution in [1.82, 2.24) is 0 Å². The summed E-state index contributed by atoms with van der Waals surface area (Å²) in [5.74, 6) is -0.188.